The largest absolute Gasteiger partial charge is 0.481 e. The number of rotatable bonds is 5. The Hall–Kier alpha value is -4.07. The number of halogens is 3. The molecule has 1 amide bonds. The van der Waals surface area contributed by atoms with Gasteiger partial charge >= 0.3 is 6.18 Å². The second-order valence-electron chi connectivity index (χ2n) is 6.99. The van der Waals surface area contributed by atoms with Crippen LogP contribution < -0.4 is 10.1 Å². The number of anilines is 1. The molecule has 0 saturated carbocycles. The van der Waals surface area contributed by atoms with Crippen LogP contribution in [0.5, 0.6) is 5.88 Å². The van der Waals surface area contributed by atoms with Crippen molar-refractivity contribution in [2.45, 2.75) is 6.18 Å². The molecule has 4 rings (SSSR count). The minimum absolute atomic E-state index is 0.299. The molecule has 2 heterocycles. The smallest absolute Gasteiger partial charge is 0.416 e. The number of alkyl halides is 3. The average molecular weight is 437 g/mol. The van der Waals surface area contributed by atoms with Crippen LogP contribution in [0.25, 0.3) is 28.1 Å². The highest BCUT2D eigenvalue weighted by Crippen LogP contribution is 2.34. The number of nitrogens with zero attached hydrogens (tertiary/aromatic N) is 1. The maximum absolute atomic E-state index is 13.3. The zero-order chi connectivity index (χ0) is 22.7. The molecule has 0 fully saturated rings. The topological polar surface area (TPSA) is 67.0 Å². The van der Waals surface area contributed by atoms with E-state index in [4.69, 9.17) is 4.74 Å². The Bertz CT molecular complexity index is 1290. The van der Waals surface area contributed by atoms with Crippen molar-refractivity contribution in [3.05, 3.63) is 84.2 Å². The summed E-state index contributed by atoms with van der Waals surface area (Å²) >= 11 is 0. The highest BCUT2D eigenvalue weighted by Gasteiger charge is 2.31. The first-order valence-corrected chi connectivity index (χ1v) is 9.61. The number of hydrogen-bond acceptors (Lipinski definition) is 3. The summed E-state index contributed by atoms with van der Waals surface area (Å²) < 4.78 is 44.8. The predicted octanol–water partition coefficient (Wildman–Crippen LogP) is 5.91. The third-order valence-electron chi connectivity index (χ3n) is 4.87. The van der Waals surface area contributed by atoms with E-state index in [1.807, 2.05) is 18.2 Å². The highest BCUT2D eigenvalue weighted by molar-refractivity contribution is 6.03. The number of pyridine rings is 1. The van der Waals surface area contributed by atoms with Crippen LogP contribution >= 0.6 is 0 Å². The normalized spacial score (nSPS) is 11.8. The summed E-state index contributed by atoms with van der Waals surface area (Å²) in [6.07, 6.45) is 1.49. The third kappa shape index (κ3) is 4.64. The fourth-order valence-corrected chi connectivity index (χ4v) is 3.27. The average Bonchev–Trinajstić information content (AvgIpc) is 3.25. The molecular formula is C24H18F3N3O2. The number of methoxy groups -OCH3 is 1. The predicted molar refractivity (Wildman–Crippen MR) is 117 cm³/mol. The molecule has 32 heavy (non-hydrogen) atoms. The number of H-pyrrole nitrogens is 1. The van der Waals surface area contributed by atoms with Crippen molar-refractivity contribution in [3.8, 4) is 17.0 Å². The molecule has 0 aliphatic heterocycles. The molecule has 0 saturated heterocycles. The van der Waals surface area contributed by atoms with Crippen LogP contribution in [0.2, 0.25) is 0 Å². The number of hydrogen-bond donors (Lipinski definition) is 2. The minimum atomic E-state index is -4.49. The van der Waals surface area contributed by atoms with E-state index in [1.165, 1.54) is 31.5 Å². The second-order valence-corrected chi connectivity index (χ2v) is 6.99. The number of ether oxygens (including phenoxy) is 1. The van der Waals surface area contributed by atoms with Gasteiger partial charge in [0.25, 0.3) is 0 Å². The Balaban J connectivity index is 1.62. The molecule has 8 heteroatoms. The first-order valence-electron chi connectivity index (χ1n) is 9.61. The van der Waals surface area contributed by atoms with Gasteiger partial charge in [-0.3, -0.25) is 4.79 Å². The Labute approximate surface area is 181 Å². The number of amides is 1. The van der Waals surface area contributed by atoms with Gasteiger partial charge in [0.15, 0.2) is 0 Å². The van der Waals surface area contributed by atoms with E-state index >= 15 is 0 Å². The van der Waals surface area contributed by atoms with Gasteiger partial charge in [-0.1, -0.05) is 6.07 Å². The number of nitrogens with one attached hydrogen (secondary N) is 2. The molecule has 0 bridgehead atoms. The van der Waals surface area contributed by atoms with E-state index in [2.05, 4.69) is 15.3 Å². The van der Waals surface area contributed by atoms with Gasteiger partial charge in [-0.15, -0.1) is 0 Å². The molecule has 0 atom stereocenters. The van der Waals surface area contributed by atoms with Crippen molar-refractivity contribution >= 4 is 28.6 Å². The summed E-state index contributed by atoms with van der Waals surface area (Å²) in [5.74, 6) is -0.0600. The lowest BCUT2D eigenvalue weighted by molar-refractivity contribution is -0.137. The lowest BCUT2D eigenvalue weighted by Crippen LogP contribution is -2.08. The van der Waals surface area contributed by atoms with Crippen molar-refractivity contribution in [1.82, 2.24) is 9.97 Å². The van der Waals surface area contributed by atoms with E-state index in [9.17, 15) is 18.0 Å². The summed E-state index contributed by atoms with van der Waals surface area (Å²) in [5.41, 5.74) is 1.98. The molecule has 5 nitrogen and oxygen atoms in total. The highest BCUT2D eigenvalue weighted by atomic mass is 19.4. The van der Waals surface area contributed by atoms with Crippen LogP contribution in [0.1, 0.15) is 11.1 Å². The Morgan fingerprint density at radius 3 is 2.66 bits per heavy atom. The minimum Gasteiger partial charge on any atom is -0.481 e. The van der Waals surface area contributed by atoms with Gasteiger partial charge in [0, 0.05) is 46.7 Å². The van der Waals surface area contributed by atoms with E-state index in [-0.39, 0.29) is 0 Å². The fourth-order valence-electron chi connectivity index (χ4n) is 3.27. The Kier molecular flexibility index (Phi) is 5.68. The molecule has 2 aromatic heterocycles. The van der Waals surface area contributed by atoms with Crippen LogP contribution in [-0.2, 0) is 11.0 Å². The molecule has 0 radical (unpaired) electrons. The van der Waals surface area contributed by atoms with Crippen molar-refractivity contribution < 1.29 is 22.7 Å². The SMILES string of the molecule is COc1ccc(-c2cc(C(F)(F)F)ccc2C=CC(=O)Nc2ccc3[nH]ccc3c2)cn1. The number of aromatic amines is 1. The number of benzene rings is 2. The summed E-state index contributed by atoms with van der Waals surface area (Å²) in [5, 5.41) is 3.70. The quantitative estimate of drug-likeness (QED) is 0.382. The number of fused-ring (bicyclic) bond motifs is 1. The summed E-state index contributed by atoms with van der Waals surface area (Å²) in [7, 11) is 1.45. The van der Waals surface area contributed by atoms with Gasteiger partial charge in [0.2, 0.25) is 11.8 Å². The molecular weight excluding hydrogens is 419 g/mol. The monoisotopic (exact) mass is 437 g/mol. The zero-order valence-corrected chi connectivity index (χ0v) is 16.9. The van der Waals surface area contributed by atoms with Gasteiger partial charge < -0.3 is 15.0 Å². The first kappa shape index (κ1) is 21.2. The van der Waals surface area contributed by atoms with Crippen LogP contribution in [0, 0.1) is 0 Å². The van der Waals surface area contributed by atoms with Gasteiger partial charge in [0.05, 0.1) is 12.7 Å². The van der Waals surface area contributed by atoms with Crippen LogP contribution in [0.15, 0.2) is 73.1 Å². The fraction of sp³-hybridized carbons (Fsp3) is 0.0833. The third-order valence-corrected chi connectivity index (χ3v) is 4.87. The van der Waals surface area contributed by atoms with E-state index in [0.717, 1.165) is 23.0 Å². The van der Waals surface area contributed by atoms with Crippen LogP contribution in [0.4, 0.5) is 18.9 Å². The van der Waals surface area contributed by atoms with Crippen molar-refractivity contribution in [2.24, 2.45) is 0 Å². The van der Waals surface area contributed by atoms with E-state index in [1.54, 1.807) is 24.4 Å². The zero-order valence-electron chi connectivity index (χ0n) is 16.9. The Morgan fingerprint density at radius 2 is 1.94 bits per heavy atom. The molecule has 2 N–H and O–H groups in total. The number of aromatic nitrogens is 2. The van der Waals surface area contributed by atoms with Gasteiger partial charge in [-0.05, 0) is 59.7 Å². The number of carbonyl (C=O) groups is 1. The summed E-state index contributed by atoms with van der Waals surface area (Å²) in [6, 6.07) is 13.9. The van der Waals surface area contributed by atoms with E-state index in [0.29, 0.717) is 28.3 Å². The van der Waals surface area contributed by atoms with Crippen LogP contribution in [0.3, 0.4) is 0 Å². The van der Waals surface area contributed by atoms with Crippen LogP contribution in [-0.4, -0.2) is 23.0 Å². The molecule has 0 spiro atoms. The molecule has 0 aliphatic carbocycles. The maximum Gasteiger partial charge on any atom is 0.416 e. The second kappa shape index (κ2) is 8.58. The molecule has 162 valence electrons. The van der Waals surface area contributed by atoms with Crippen molar-refractivity contribution in [3.63, 3.8) is 0 Å². The summed E-state index contributed by atoms with van der Waals surface area (Å²) in [4.78, 5) is 19.5. The lowest BCUT2D eigenvalue weighted by Gasteiger charge is -2.12. The van der Waals surface area contributed by atoms with Crippen molar-refractivity contribution in [2.75, 3.05) is 12.4 Å². The van der Waals surface area contributed by atoms with Gasteiger partial charge in [0.1, 0.15) is 0 Å². The molecule has 0 aliphatic rings. The van der Waals surface area contributed by atoms with Gasteiger partial charge in [-0.25, -0.2) is 4.98 Å². The first-order chi connectivity index (χ1) is 15.3. The summed E-state index contributed by atoms with van der Waals surface area (Å²) in [6.45, 7) is 0. The number of carbonyl (C=O) groups excluding carboxylic acids is 1. The standard InChI is InChI=1S/C24H18F3N3O2/c1-32-23-9-4-17(14-29-23)20-13-18(24(25,26)27)5-2-15(20)3-8-22(31)30-19-6-7-21-16(12-19)10-11-28-21/h2-14,28H,1H3,(H,30,31). The van der Waals surface area contributed by atoms with E-state index < -0.39 is 17.6 Å². The molecule has 0 unspecified atom stereocenters. The van der Waals surface area contributed by atoms with Crippen molar-refractivity contribution in [1.29, 1.82) is 0 Å². The molecule has 4 aromatic rings. The lowest BCUT2D eigenvalue weighted by atomic mass is 9.97. The molecule has 2 aromatic carbocycles. The van der Waals surface area contributed by atoms with Gasteiger partial charge in [-0.2, -0.15) is 13.2 Å². The maximum atomic E-state index is 13.3. The Morgan fingerprint density at radius 1 is 1.09 bits per heavy atom.